The highest BCUT2D eigenvalue weighted by atomic mass is 79.9. The van der Waals surface area contributed by atoms with Crippen LogP contribution in [0.15, 0.2) is 59.1 Å². The van der Waals surface area contributed by atoms with E-state index in [1.165, 1.54) is 13.2 Å². The van der Waals surface area contributed by atoms with Crippen LogP contribution >= 0.6 is 15.9 Å². The molecule has 0 aromatic heterocycles. The molecule has 3 aromatic rings. The highest BCUT2D eigenvalue weighted by Gasteiger charge is 2.32. The van der Waals surface area contributed by atoms with Crippen molar-refractivity contribution in [2.75, 3.05) is 13.7 Å². The van der Waals surface area contributed by atoms with E-state index in [1.54, 1.807) is 6.07 Å². The summed E-state index contributed by atoms with van der Waals surface area (Å²) in [6.07, 6.45) is 1.16. The zero-order chi connectivity index (χ0) is 22.9. The van der Waals surface area contributed by atoms with Gasteiger partial charge >= 0.3 is 5.97 Å². The van der Waals surface area contributed by atoms with Crippen LogP contribution in [0.5, 0.6) is 23.0 Å². The molecule has 0 bridgehead atoms. The Balaban J connectivity index is 1.35. The molecule has 0 saturated carbocycles. The van der Waals surface area contributed by atoms with E-state index in [-0.39, 0.29) is 24.1 Å². The van der Waals surface area contributed by atoms with E-state index >= 15 is 0 Å². The lowest BCUT2D eigenvalue weighted by Crippen LogP contribution is -2.09. The Morgan fingerprint density at radius 3 is 2.70 bits per heavy atom. The molecule has 170 valence electrons. The zero-order valence-corrected chi connectivity index (χ0v) is 19.6. The summed E-state index contributed by atoms with van der Waals surface area (Å²) in [5, 5.41) is 0. The Hall–Kier alpha value is -3.06. The van der Waals surface area contributed by atoms with Gasteiger partial charge in [-0.15, -0.1) is 0 Å². The first-order chi connectivity index (χ1) is 16.0. The number of methoxy groups -OCH3 is 1. The van der Waals surface area contributed by atoms with Crippen molar-refractivity contribution in [3.8, 4) is 23.0 Å². The molecule has 0 radical (unpaired) electrons. The van der Waals surface area contributed by atoms with Crippen LogP contribution < -0.4 is 14.2 Å². The Morgan fingerprint density at radius 1 is 1.12 bits per heavy atom. The number of ether oxygens (including phenoxy) is 4. The molecule has 5 rings (SSSR count). The Labute approximate surface area is 199 Å². The molecule has 2 aliphatic rings. The lowest BCUT2D eigenvalue weighted by atomic mass is 9.98. The highest BCUT2D eigenvalue weighted by Crippen LogP contribution is 2.44. The minimum absolute atomic E-state index is 0.0375. The summed E-state index contributed by atoms with van der Waals surface area (Å²) in [6.45, 7) is 0.422. The number of esters is 1. The van der Waals surface area contributed by atoms with E-state index in [9.17, 15) is 9.18 Å². The first-order valence-electron chi connectivity index (χ1n) is 10.8. The molecule has 5 nitrogen and oxygen atoms in total. The van der Waals surface area contributed by atoms with Crippen LogP contribution in [0.2, 0.25) is 0 Å². The molecule has 0 fully saturated rings. The van der Waals surface area contributed by atoms with Gasteiger partial charge in [0.2, 0.25) is 0 Å². The van der Waals surface area contributed by atoms with Gasteiger partial charge in [-0.1, -0.05) is 22.0 Å². The van der Waals surface area contributed by atoms with E-state index in [0.29, 0.717) is 48.0 Å². The predicted molar refractivity (Wildman–Crippen MR) is 124 cm³/mol. The molecular weight excluding hydrogens is 491 g/mol. The van der Waals surface area contributed by atoms with Crippen molar-refractivity contribution >= 4 is 21.9 Å². The van der Waals surface area contributed by atoms with Gasteiger partial charge in [0, 0.05) is 33.1 Å². The molecule has 1 aliphatic heterocycles. The van der Waals surface area contributed by atoms with Gasteiger partial charge in [-0.2, -0.15) is 0 Å². The number of hydrogen-bond donors (Lipinski definition) is 0. The average molecular weight is 513 g/mol. The molecule has 33 heavy (non-hydrogen) atoms. The molecule has 0 amide bonds. The van der Waals surface area contributed by atoms with Gasteiger partial charge in [0.25, 0.3) is 0 Å². The Bertz CT molecular complexity index is 1190. The summed E-state index contributed by atoms with van der Waals surface area (Å²) >= 11 is 3.41. The minimum Gasteiger partial charge on any atom is -0.492 e. The van der Waals surface area contributed by atoms with Crippen molar-refractivity contribution in [3.05, 3.63) is 81.6 Å². The molecule has 1 aliphatic carbocycles. The summed E-state index contributed by atoms with van der Waals surface area (Å²) in [4.78, 5) is 11.6. The monoisotopic (exact) mass is 512 g/mol. The first kappa shape index (κ1) is 21.8. The molecule has 0 N–H and O–H groups in total. The van der Waals surface area contributed by atoms with E-state index in [0.717, 1.165) is 15.6 Å². The Kier molecular flexibility index (Phi) is 5.98. The highest BCUT2D eigenvalue weighted by molar-refractivity contribution is 9.10. The fraction of sp³-hybridized carbons (Fsp3) is 0.269. The van der Waals surface area contributed by atoms with Gasteiger partial charge in [0.15, 0.2) is 0 Å². The number of carbonyl (C=O) groups excluding carboxylic acids is 1. The molecule has 0 saturated heterocycles. The second-order valence-electron chi connectivity index (χ2n) is 8.13. The van der Waals surface area contributed by atoms with Crippen LogP contribution in [0.25, 0.3) is 0 Å². The van der Waals surface area contributed by atoms with Crippen molar-refractivity contribution < 1.29 is 28.1 Å². The Morgan fingerprint density at radius 2 is 1.91 bits per heavy atom. The quantitative estimate of drug-likeness (QED) is 0.353. The third-order valence-electron chi connectivity index (χ3n) is 6.06. The molecule has 1 heterocycles. The van der Waals surface area contributed by atoms with Crippen LogP contribution in [0, 0.1) is 5.82 Å². The van der Waals surface area contributed by atoms with E-state index in [1.807, 2.05) is 42.5 Å². The third kappa shape index (κ3) is 4.42. The van der Waals surface area contributed by atoms with Gasteiger partial charge in [-0.3, -0.25) is 4.79 Å². The van der Waals surface area contributed by atoms with Gasteiger partial charge in [0.1, 0.15) is 34.9 Å². The lowest BCUT2D eigenvalue weighted by molar-refractivity contribution is -0.141. The topological polar surface area (TPSA) is 54.0 Å². The number of halogens is 2. The smallest absolute Gasteiger partial charge is 0.306 e. The van der Waals surface area contributed by atoms with E-state index in [2.05, 4.69) is 15.9 Å². The molecular formula is C26H22BrFO5. The van der Waals surface area contributed by atoms with Gasteiger partial charge in [-0.25, -0.2) is 4.39 Å². The number of rotatable bonds is 6. The molecule has 3 aromatic carbocycles. The lowest BCUT2D eigenvalue weighted by Gasteiger charge is -2.17. The van der Waals surface area contributed by atoms with E-state index in [4.69, 9.17) is 18.9 Å². The van der Waals surface area contributed by atoms with Crippen molar-refractivity contribution in [3.63, 3.8) is 0 Å². The summed E-state index contributed by atoms with van der Waals surface area (Å²) in [5.41, 5.74) is 2.32. The number of fused-ring (bicyclic) bond motifs is 2. The molecule has 2 unspecified atom stereocenters. The number of carbonyl (C=O) groups is 1. The van der Waals surface area contributed by atoms with Gasteiger partial charge < -0.3 is 18.9 Å². The summed E-state index contributed by atoms with van der Waals surface area (Å²) in [7, 11) is 1.38. The molecule has 2 atom stereocenters. The van der Waals surface area contributed by atoms with Gasteiger partial charge in [0.05, 0.1) is 20.1 Å². The third-order valence-corrected chi connectivity index (χ3v) is 6.59. The maximum atomic E-state index is 14.8. The number of hydrogen-bond acceptors (Lipinski definition) is 5. The van der Waals surface area contributed by atoms with Crippen LogP contribution in [0.1, 0.15) is 41.6 Å². The van der Waals surface area contributed by atoms with Crippen molar-refractivity contribution in [1.82, 2.24) is 0 Å². The maximum absolute atomic E-state index is 14.8. The minimum atomic E-state index is -0.418. The van der Waals surface area contributed by atoms with Crippen LogP contribution in [-0.4, -0.2) is 19.7 Å². The van der Waals surface area contributed by atoms with Crippen molar-refractivity contribution in [1.29, 1.82) is 0 Å². The van der Waals surface area contributed by atoms with Crippen molar-refractivity contribution in [2.45, 2.75) is 31.3 Å². The average Bonchev–Trinajstić information content (AvgIpc) is 3.42. The first-order valence-corrected chi connectivity index (χ1v) is 11.6. The summed E-state index contributed by atoms with van der Waals surface area (Å²) < 4.78 is 38.6. The fourth-order valence-corrected chi connectivity index (χ4v) is 4.70. The van der Waals surface area contributed by atoms with Crippen LogP contribution in [-0.2, 0) is 16.0 Å². The normalized spacial score (nSPS) is 18.3. The maximum Gasteiger partial charge on any atom is 0.306 e. The second kappa shape index (κ2) is 9.06. The predicted octanol–water partition coefficient (Wildman–Crippen LogP) is 6.49. The SMILES string of the molecule is COC(=O)CC1COc2cc(OC3CCc4c(Oc5ccc(Br)cc5)ccc(F)c43)ccc21. The number of benzene rings is 3. The largest absolute Gasteiger partial charge is 0.492 e. The zero-order valence-electron chi connectivity index (χ0n) is 18.0. The van der Waals surface area contributed by atoms with E-state index < -0.39 is 6.10 Å². The van der Waals surface area contributed by atoms with Crippen LogP contribution in [0.3, 0.4) is 0 Å². The standard InChI is InChI=1S/C26H22BrFO5/c1-30-25(29)12-15-14-31-24-13-18(6-7-19(15)24)33-23-10-8-20-22(11-9-21(28)26(20)23)32-17-4-2-16(27)3-5-17/h2-7,9,11,13,15,23H,8,10,12,14H2,1H3. The summed E-state index contributed by atoms with van der Waals surface area (Å²) in [6, 6.07) is 16.2. The molecule has 7 heteroatoms. The summed E-state index contributed by atoms with van der Waals surface area (Å²) in [5.74, 6) is 2.01. The van der Waals surface area contributed by atoms with Gasteiger partial charge in [-0.05, 0) is 55.3 Å². The van der Waals surface area contributed by atoms with Crippen molar-refractivity contribution in [2.24, 2.45) is 0 Å². The fourth-order valence-electron chi connectivity index (χ4n) is 4.43. The second-order valence-corrected chi connectivity index (χ2v) is 9.04. The van der Waals surface area contributed by atoms with Crippen LogP contribution in [0.4, 0.5) is 4.39 Å². The molecule has 0 spiro atoms.